The van der Waals surface area contributed by atoms with Crippen molar-refractivity contribution in [2.45, 2.75) is 44.8 Å². The quantitative estimate of drug-likeness (QED) is 0.656. The van der Waals surface area contributed by atoms with Crippen LogP contribution in [-0.2, 0) is 19.6 Å². The molecule has 3 rings (SSSR count). The lowest BCUT2D eigenvalue weighted by atomic mass is 9.97. The highest BCUT2D eigenvalue weighted by molar-refractivity contribution is 7.92. The maximum atomic E-state index is 13.5. The van der Waals surface area contributed by atoms with Gasteiger partial charge in [-0.3, -0.25) is 4.79 Å². The lowest BCUT2D eigenvalue weighted by Crippen LogP contribution is -2.31. The standard InChI is InChI=1S/C22H26FN3O5S/c1-13(2)20-18(10-9-17-11-16(27)12-19(28)31-17)21(14-5-7-15(23)8-6-14)25-22(24-20)26(3)32(4,29)30/h5-10,13,16-17,27H,11-12H2,1-4H3. The molecule has 1 fully saturated rings. The molecular formula is C22H26FN3O5S. The van der Waals surface area contributed by atoms with E-state index < -0.39 is 34.0 Å². The average molecular weight is 464 g/mol. The highest BCUT2D eigenvalue weighted by Crippen LogP contribution is 2.32. The van der Waals surface area contributed by atoms with Crippen molar-refractivity contribution >= 4 is 28.0 Å². The van der Waals surface area contributed by atoms with Gasteiger partial charge in [-0.2, -0.15) is 0 Å². The highest BCUT2D eigenvalue weighted by atomic mass is 32.2. The van der Waals surface area contributed by atoms with Gasteiger partial charge in [0.1, 0.15) is 11.9 Å². The number of cyclic esters (lactones) is 1. The minimum Gasteiger partial charge on any atom is -0.458 e. The molecule has 1 N–H and O–H groups in total. The van der Waals surface area contributed by atoms with Gasteiger partial charge in [-0.1, -0.05) is 19.9 Å². The predicted octanol–water partition coefficient (Wildman–Crippen LogP) is 2.88. The minimum absolute atomic E-state index is 0.00723. The second-order valence-corrected chi connectivity index (χ2v) is 10.1. The zero-order valence-corrected chi connectivity index (χ0v) is 19.1. The number of hydrogen-bond donors (Lipinski definition) is 1. The molecule has 0 aliphatic carbocycles. The molecule has 2 atom stereocenters. The largest absolute Gasteiger partial charge is 0.458 e. The van der Waals surface area contributed by atoms with Gasteiger partial charge in [0.15, 0.2) is 0 Å². The Morgan fingerprint density at radius 3 is 2.47 bits per heavy atom. The normalized spacial score (nSPS) is 19.4. The Bertz CT molecular complexity index is 1130. The van der Waals surface area contributed by atoms with Gasteiger partial charge in [0, 0.05) is 24.6 Å². The van der Waals surface area contributed by atoms with Crippen LogP contribution in [0.1, 0.15) is 43.9 Å². The predicted molar refractivity (Wildman–Crippen MR) is 119 cm³/mol. The van der Waals surface area contributed by atoms with E-state index in [0.29, 0.717) is 22.5 Å². The molecule has 10 heteroatoms. The van der Waals surface area contributed by atoms with Crippen LogP contribution in [0.5, 0.6) is 0 Å². The van der Waals surface area contributed by atoms with Crippen molar-refractivity contribution in [3.63, 3.8) is 0 Å². The molecule has 2 aromatic rings. The molecule has 2 unspecified atom stereocenters. The van der Waals surface area contributed by atoms with Crippen molar-refractivity contribution in [2.24, 2.45) is 0 Å². The first-order valence-corrected chi connectivity index (χ1v) is 12.0. The van der Waals surface area contributed by atoms with E-state index in [0.717, 1.165) is 10.6 Å². The smallest absolute Gasteiger partial charge is 0.309 e. The number of nitrogens with zero attached hydrogens (tertiary/aromatic N) is 3. The number of esters is 1. The van der Waals surface area contributed by atoms with Gasteiger partial charge in [0.05, 0.1) is 30.2 Å². The minimum atomic E-state index is -3.61. The van der Waals surface area contributed by atoms with Crippen LogP contribution in [0.3, 0.4) is 0 Å². The Balaban J connectivity index is 2.17. The number of carbonyl (C=O) groups excluding carboxylic acids is 1. The molecule has 2 heterocycles. The van der Waals surface area contributed by atoms with Crippen LogP contribution in [0.4, 0.5) is 10.3 Å². The number of benzene rings is 1. The molecule has 8 nitrogen and oxygen atoms in total. The SMILES string of the molecule is CC(C)c1nc(N(C)S(C)(=O)=O)nc(-c2ccc(F)cc2)c1C=CC1CC(O)CC(=O)O1. The molecule has 0 spiro atoms. The van der Waals surface area contributed by atoms with E-state index in [1.54, 1.807) is 24.3 Å². The van der Waals surface area contributed by atoms with Gasteiger partial charge >= 0.3 is 5.97 Å². The Kier molecular flexibility index (Phi) is 6.94. The van der Waals surface area contributed by atoms with Gasteiger partial charge in [-0.15, -0.1) is 0 Å². The maximum absolute atomic E-state index is 13.5. The van der Waals surface area contributed by atoms with Crippen molar-refractivity contribution in [1.29, 1.82) is 0 Å². The molecule has 1 saturated heterocycles. The summed E-state index contributed by atoms with van der Waals surface area (Å²) in [5, 5.41) is 9.86. The molecule has 1 aliphatic rings. The summed E-state index contributed by atoms with van der Waals surface area (Å²) < 4.78 is 44.0. The van der Waals surface area contributed by atoms with E-state index >= 15 is 0 Å². The summed E-state index contributed by atoms with van der Waals surface area (Å²) in [4.78, 5) is 20.6. The van der Waals surface area contributed by atoms with Crippen molar-refractivity contribution in [1.82, 2.24) is 9.97 Å². The van der Waals surface area contributed by atoms with E-state index in [1.165, 1.54) is 19.2 Å². The number of aliphatic hydroxyl groups is 1. The first kappa shape index (κ1) is 23.8. The van der Waals surface area contributed by atoms with Crippen LogP contribution in [0, 0.1) is 5.82 Å². The summed E-state index contributed by atoms with van der Waals surface area (Å²) in [5.74, 6) is -1.02. The average Bonchev–Trinajstić information content (AvgIpc) is 2.70. The van der Waals surface area contributed by atoms with Crippen LogP contribution < -0.4 is 4.31 Å². The summed E-state index contributed by atoms with van der Waals surface area (Å²) >= 11 is 0. The summed E-state index contributed by atoms with van der Waals surface area (Å²) in [6, 6.07) is 5.68. The zero-order valence-electron chi connectivity index (χ0n) is 18.3. The fraction of sp³-hybridized carbons (Fsp3) is 0.409. The second kappa shape index (κ2) is 9.33. The first-order chi connectivity index (χ1) is 15.0. The van der Waals surface area contributed by atoms with Gasteiger partial charge in [-0.05, 0) is 36.3 Å². The molecule has 0 saturated carbocycles. The van der Waals surface area contributed by atoms with Crippen LogP contribution in [0.25, 0.3) is 17.3 Å². The molecule has 1 aliphatic heterocycles. The van der Waals surface area contributed by atoms with Crippen LogP contribution in [-0.4, -0.2) is 55.0 Å². The zero-order chi connectivity index (χ0) is 23.6. The molecule has 1 aromatic carbocycles. The third kappa shape index (κ3) is 5.49. The highest BCUT2D eigenvalue weighted by Gasteiger charge is 2.26. The third-order valence-electron chi connectivity index (χ3n) is 5.07. The summed E-state index contributed by atoms with van der Waals surface area (Å²) in [6.07, 6.45) is 3.23. The Hall–Kier alpha value is -2.85. The summed E-state index contributed by atoms with van der Waals surface area (Å²) in [5.41, 5.74) is 2.14. The number of anilines is 1. The Labute approximate surface area is 186 Å². The van der Waals surface area contributed by atoms with E-state index in [1.807, 2.05) is 13.8 Å². The first-order valence-electron chi connectivity index (χ1n) is 10.1. The summed E-state index contributed by atoms with van der Waals surface area (Å²) in [6.45, 7) is 3.81. The number of halogens is 1. The molecule has 0 radical (unpaired) electrons. The third-order valence-corrected chi connectivity index (χ3v) is 6.23. The Morgan fingerprint density at radius 2 is 1.91 bits per heavy atom. The van der Waals surface area contributed by atoms with E-state index in [-0.39, 0.29) is 24.7 Å². The number of rotatable bonds is 6. The van der Waals surface area contributed by atoms with Crippen LogP contribution in [0.15, 0.2) is 30.3 Å². The van der Waals surface area contributed by atoms with Crippen molar-refractivity contribution in [2.75, 3.05) is 17.6 Å². The van der Waals surface area contributed by atoms with Crippen molar-refractivity contribution in [3.05, 3.63) is 47.4 Å². The van der Waals surface area contributed by atoms with Crippen molar-refractivity contribution in [3.8, 4) is 11.3 Å². The number of sulfonamides is 1. The van der Waals surface area contributed by atoms with Crippen LogP contribution >= 0.6 is 0 Å². The van der Waals surface area contributed by atoms with E-state index in [2.05, 4.69) is 9.97 Å². The fourth-order valence-corrected chi connectivity index (χ4v) is 3.70. The van der Waals surface area contributed by atoms with Crippen molar-refractivity contribution < 1.29 is 27.4 Å². The molecule has 1 aromatic heterocycles. The van der Waals surface area contributed by atoms with Gasteiger partial charge < -0.3 is 9.84 Å². The molecule has 172 valence electrons. The lowest BCUT2D eigenvalue weighted by molar-refractivity contribution is -0.156. The number of carbonyl (C=O) groups is 1. The van der Waals surface area contributed by atoms with E-state index in [9.17, 15) is 22.7 Å². The summed E-state index contributed by atoms with van der Waals surface area (Å²) in [7, 11) is -2.25. The maximum Gasteiger partial charge on any atom is 0.309 e. The number of aromatic nitrogens is 2. The lowest BCUT2D eigenvalue weighted by Gasteiger charge is -2.24. The van der Waals surface area contributed by atoms with E-state index in [4.69, 9.17) is 4.74 Å². The molecule has 0 amide bonds. The topological polar surface area (TPSA) is 110 Å². The van der Waals surface area contributed by atoms with Gasteiger partial charge in [0.25, 0.3) is 0 Å². The number of aliphatic hydroxyl groups excluding tert-OH is 1. The number of ether oxygens (including phenoxy) is 1. The Morgan fingerprint density at radius 1 is 1.25 bits per heavy atom. The number of hydrogen-bond acceptors (Lipinski definition) is 7. The fourth-order valence-electron chi connectivity index (χ4n) is 3.33. The van der Waals surface area contributed by atoms with Crippen LogP contribution in [0.2, 0.25) is 0 Å². The van der Waals surface area contributed by atoms with Gasteiger partial charge in [-0.25, -0.2) is 27.1 Å². The monoisotopic (exact) mass is 463 g/mol. The van der Waals surface area contributed by atoms with Gasteiger partial charge in [0.2, 0.25) is 16.0 Å². The second-order valence-electron chi connectivity index (χ2n) is 8.04. The molecular weight excluding hydrogens is 437 g/mol. The molecule has 32 heavy (non-hydrogen) atoms. The molecule has 0 bridgehead atoms.